The van der Waals surface area contributed by atoms with Crippen LogP contribution in [0, 0.1) is 21.4 Å². The maximum Gasteiger partial charge on any atom is 0.292 e. The Morgan fingerprint density at radius 3 is 2.52 bits per heavy atom. The Labute approximate surface area is 152 Å². The van der Waals surface area contributed by atoms with Crippen molar-refractivity contribution in [2.75, 3.05) is 10.6 Å². The molecule has 0 saturated heterocycles. The zero-order chi connectivity index (χ0) is 18.4. The Hall–Kier alpha value is -3.08. The second-order valence-electron chi connectivity index (χ2n) is 4.64. The fourth-order valence-electron chi connectivity index (χ4n) is 1.84. The van der Waals surface area contributed by atoms with Crippen LogP contribution in [0.4, 0.5) is 17.1 Å². The SMILES string of the molecule is N#C/C(=C/Nc1ccccc1[N+](=O)[O-])C(=O)Nc1cccc(Cl)c1Cl. The molecule has 7 nitrogen and oxygen atoms in total. The number of hydrogen-bond acceptors (Lipinski definition) is 5. The number of anilines is 2. The number of nitrogens with one attached hydrogen (secondary N) is 2. The van der Waals surface area contributed by atoms with Gasteiger partial charge in [-0.25, -0.2) is 0 Å². The molecule has 0 aliphatic rings. The summed E-state index contributed by atoms with van der Waals surface area (Å²) in [6, 6.07) is 12.2. The molecule has 0 unspecified atom stereocenters. The van der Waals surface area contributed by atoms with E-state index in [4.69, 9.17) is 28.5 Å². The molecule has 0 spiro atoms. The van der Waals surface area contributed by atoms with Crippen molar-refractivity contribution in [1.82, 2.24) is 0 Å². The normalized spacial score (nSPS) is 10.7. The van der Waals surface area contributed by atoms with Crippen molar-refractivity contribution in [3.8, 4) is 6.07 Å². The van der Waals surface area contributed by atoms with Crippen molar-refractivity contribution < 1.29 is 9.72 Å². The minimum atomic E-state index is -0.738. The third kappa shape index (κ3) is 4.47. The molecule has 9 heteroatoms. The van der Waals surface area contributed by atoms with Crippen LogP contribution in [0.2, 0.25) is 10.0 Å². The zero-order valence-corrected chi connectivity index (χ0v) is 14.0. The van der Waals surface area contributed by atoms with Gasteiger partial charge in [0.25, 0.3) is 11.6 Å². The smallest absolute Gasteiger partial charge is 0.292 e. The second kappa shape index (κ2) is 8.15. The topological polar surface area (TPSA) is 108 Å². The van der Waals surface area contributed by atoms with Crippen molar-refractivity contribution in [3.05, 3.63) is 74.4 Å². The molecule has 0 aliphatic heterocycles. The van der Waals surface area contributed by atoms with Crippen molar-refractivity contribution in [2.45, 2.75) is 0 Å². The van der Waals surface area contributed by atoms with Gasteiger partial charge in [-0.05, 0) is 18.2 Å². The van der Waals surface area contributed by atoms with Crippen LogP contribution < -0.4 is 10.6 Å². The number of nitrogens with zero attached hydrogens (tertiary/aromatic N) is 2. The van der Waals surface area contributed by atoms with Crippen LogP contribution in [0.5, 0.6) is 0 Å². The van der Waals surface area contributed by atoms with Gasteiger partial charge in [0.15, 0.2) is 0 Å². The van der Waals surface area contributed by atoms with Crippen LogP contribution >= 0.6 is 23.2 Å². The highest BCUT2D eigenvalue weighted by atomic mass is 35.5. The predicted octanol–water partition coefficient (Wildman–Crippen LogP) is 4.36. The van der Waals surface area contributed by atoms with E-state index in [0.717, 1.165) is 6.20 Å². The number of amides is 1. The number of para-hydroxylation sites is 2. The molecule has 2 rings (SSSR count). The molecule has 0 heterocycles. The molecule has 2 N–H and O–H groups in total. The van der Waals surface area contributed by atoms with Crippen LogP contribution in [-0.4, -0.2) is 10.8 Å². The van der Waals surface area contributed by atoms with E-state index < -0.39 is 10.8 Å². The standard InChI is InChI=1S/C16H10Cl2N4O3/c17-11-4-3-6-13(15(11)18)21-16(23)10(8-19)9-20-12-5-1-2-7-14(12)22(24)25/h1-7,9,20H,(H,21,23)/b10-9-. The third-order valence-electron chi connectivity index (χ3n) is 3.04. The van der Waals surface area contributed by atoms with Gasteiger partial charge >= 0.3 is 0 Å². The van der Waals surface area contributed by atoms with Gasteiger partial charge in [0.2, 0.25) is 0 Å². The Morgan fingerprint density at radius 1 is 1.16 bits per heavy atom. The molecule has 2 aromatic carbocycles. The fourth-order valence-corrected chi connectivity index (χ4v) is 2.19. The van der Waals surface area contributed by atoms with E-state index >= 15 is 0 Å². The lowest BCUT2D eigenvalue weighted by Crippen LogP contribution is -2.15. The minimum Gasteiger partial charge on any atom is -0.355 e. The van der Waals surface area contributed by atoms with Gasteiger partial charge in [-0.15, -0.1) is 0 Å². The number of nitriles is 1. The number of nitro groups is 1. The van der Waals surface area contributed by atoms with Gasteiger partial charge in [-0.3, -0.25) is 14.9 Å². The summed E-state index contributed by atoms with van der Waals surface area (Å²) in [6.07, 6.45) is 1.08. The molecule has 0 aliphatic carbocycles. The number of carbonyl (C=O) groups is 1. The molecule has 0 radical (unpaired) electrons. The number of halogens is 2. The number of hydrogen-bond donors (Lipinski definition) is 2. The second-order valence-corrected chi connectivity index (χ2v) is 5.43. The van der Waals surface area contributed by atoms with Crippen LogP contribution in [-0.2, 0) is 4.79 Å². The van der Waals surface area contributed by atoms with E-state index in [1.54, 1.807) is 24.3 Å². The number of carbonyl (C=O) groups excluding carboxylic acids is 1. The highest BCUT2D eigenvalue weighted by Gasteiger charge is 2.15. The van der Waals surface area contributed by atoms with E-state index in [0.29, 0.717) is 0 Å². The molecule has 25 heavy (non-hydrogen) atoms. The predicted molar refractivity (Wildman–Crippen MR) is 95.5 cm³/mol. The Morgan fingerprint density at radius 2 is 1.84 bits per heavy atom. The summed E-state index contributed by atoms with van der Waals surface area (Å²) in [5.74, 6) is -0.738. The summed E-state index contributed by atoms with van der Waals surface area (Å²) in [5.41, 5.74) is -0.0941. The van der Waals surface area contributed by atoms with E-state index in [1.807, 2.05) is 0 Å². The van der Waals surface area contributed by atoms with Gasteiger partial charge in [-0.2, -0.15) is 5.26 Å². The Balaban J connectivity index is 2.21. The molecule has 126 valence electrons. The molecule has 0 aromatic heterocycles. The van der Waals surface area contributed by atoms with E-state index in [1.165, 1.54) is 24.3 Å². The van der Waals surface area contributed by atoms with Crippen LogP contribution in [0.1, 0.15) is 0 Å². The molecule has 0 bridgehead atoms. The van der Waals surface area contributed by atoms with Crippen molar-refractivity contribution in [2.24, 2.45) is 0 Å². The van der Waals surface area contributed by atoms with Crippen LogP contribution in [0.25, 0.3) is 0 Å². The lowest BCUT2D eigenvalue weighted by atomic mass is 10.2. The zero-order valence-electron chi connectivity index (χ0n) is 12.5. The summed E-state index contributed by atoms with van der Waals surface area (Å²) < 4.78 is 0. The summed E-state index contributed by atoms with van der Waals surface area (Å²) in [7, 11) is 0. The molecule has 0 atom stereocenters. The first kappa shape index (κ1) is 18.3. The number of rotatable bonds is 5. The lowest BCUT2D eigenvalue weighted by molar-refractivity contribution is -0.383. The summed E-state index contributed by atoms with van der Waals surface area (Å²) in [5, 5.41) is 25.5. The van der Waals surface area contributed by atoms with Crippen LogP contribution in [0.3, 0.4) is 0 Å². The third-order valence-corrected chi connectivity index (χ3v) is 3.86. The maximum absolute atomic E-state index is 12.2. The van der Waals surface area contributed by atoms with Gasteiger partial charge in [0.1, 0.15) is 17.3 Å². The molecule has 2 aromatic rings. The number of benzene rings is 2. The summed E-state index contributed by atoms with van der Waals surface area (Å²) in [6.45, 7) is 0. The molecule has 1 amide bonds. The lowest BCUT2D eigenvalue weighted by Gasteiger charge is -2.08. The number of nitro benzene ring substituents is 1. The highest BCUT2D eigenvalue weighted by Crippen LogP contribution is 2.29. The van der Waals surface area contributed by atoms with Gasteiger partial charge in [0, 0.05) is 12.3 Å². The monoisotopic (exact) mass is 376 g/mol. The quantitative estimate of drug-likeness (QED) is 0.348. The highest BCUT2D eigenvalue weighted by molar-refractivity contribution is 6.44. The Bertz CT molecular complexity index is 906. The maximum atomic E-state index is 12.2. The first-order valence-corrected chi connectivity index (χ1v) is 7.55. The fraction of sp³-hybridized carbons (Fsp3) is 0. The van der Waals surface area contributed by atoms with E-state index in [-0.39, 0.29) is 32.7 Å². The molecular formula is C16H10Cl2N4O3. The minimum absolute atomic E-state index is 0.140. The largest absolute Gasteiger partial charge is 0.355 e. The first-order chi connectivity index (χ1) is 11.9. The Kier molecular flexibility index (Phi) is 5.95. The van der Waals surface area contributed by atoms with Gasteiger partial charge in [-0.1, -0.05) is 41.4 Å². The van der Waals surface area contributed by atoms with E-state index in [2.05, 4.69) is 10.6 Å². The van der Waals surface area contributed by atoms with E-state index in [9.17, 15) is 14.9 Å². The van der Waals surface area contributed by atoms with Crippen molar-refractivity contribution in [3.63, 3.8) is 0 Å². The van der Waals surface area contributed by atoms with Gasteiger partial charge < -0.3 is 10.6 Å². The van der Waals surface area contributed by atoms with Crippen molar-refractivity contribution in [1.29, 1.82) is 5.26 Å². The van der Waals surface area contributed by atoms with Crippen LogP contribution in [0.15, 0.2) is 54.2 Å². The summed E-state index contributed by atoms with van der Waals surface area (Å²) >= 11 is 11.8. The molecule has 0 saturated carbocycles. The first-order valence-electron chi connectivity index (χ1n) is 6.79. The van der Waals surface area contributed by atoms with Gasteiger partial charge in [0.05, 0.1) is 20.7 Å². The molecule has 0 fully saturated rings. The van der Waals surface area contributed by atoms with Crippen molar-refractivity contribution >= 4 is 46.2 Å². The molecular weight excluding hydrogens is 367 g/mol. The summed E-state index contributed by atoms with van der Waals surface area (Å²) in [4.78, 5) is 22.5. The average Bonchev–Trinajstić information content (AvgIpc) is 2.59. The average molecular weight is 377 g/mol.